The molecule has 1 aromatic heterocycles. The second-order valence-electron chi connectivity index (χ2n) is 4.89. The first-order chi connectivity index (χ1) is 11.5. The van der Waals surface area contributed by atoms with Gasteiger partial charge >= 0.3 is 0 Å². The Morgan fingerprint density at radius 1 is 1.38 bits per heavy atom. The quantitative estimate of drug-likeness (QED) is 0.554. The average molecular weight is 362 g/mol. The van der Waals surface area contributed by atoms with E-state index >= 15 is 0 Å². The second-order valence-corrected chi connectivity index (χ2v) is 5.68. The van der Waals surface area contributed by atoms with Crippen molar-refractivity contribution in [1.82, 2.24) is 9.66 Å². The number of halogens is 1. The zero-order valence-corrected chi connectivity index (χ0v) is 14.1. The molecule has 122 valence electrons. The van der Waals surface area contributed by atoms with E-state index in [4.69, 9.17) is 28.6 Å². The molecule has 1 heterocycles. The number of benzene rings is 2. The number of ether oxygens (including phenoxy) is 1. The number of hydrogen-bond acceptors (Lipinski definition) is 5. The number of phenols is 1. The van der Waals surface area contributed by atoms with E-state index in [1.807, 2.05) is 6.07 Å². The Labute approximate surface area is 146 Å². The molecule has 0 radical (unpaired) electrons. The van der Waals surface area contributed by atoms with Crippen LogP contribution in [0.5, 0.6) is 11.5 Å². The molecule has 0 aliphatic carbocycles. The molecule has 0 bridgehead atoms. The van der Waals surface area contributed by atoms with E-state index in [0.29, 0.717) is 16.5 Å². The molecular weight excluding hydrogens is 350 g/mol. The normalized spacial score (nSPS) is 11.2. The third kappa shape index (κ3) is 2.91. The first-order valence-corrected chi connectivity index (χ1v) is 7.65. The molecule has 0 spiro atoms. The van der Waals surface area contributed by atoms with E-state index in [1.165, 1.54) is 19.4 Å². The number of para-hydroxylation sites is 1. The molecule has 2 aromatic carbocycles. The molecule has 6 nitrogen and oxygen atoms in total. The third-order valence-electron chi connectivity index (χ3n) is 3.38. The van der Waals surface area contributed by atoms with Crippen LogP contribution >= 0.6 is 23.8 Å². The zero-order chi connectivity index (χ0) is 17.3. The summed E-state index contributed by atoms with van der Waals surface area (Å²) in [4.78, 5) is 15.4. The maximum Gasteiger partial charge on any atom is 0.282 e. The van der Waals surface area contributed by atoms with Crippen LogP contribution in [0.2, 0.25) is 5.02 Å². The van der Waals surface area contributed by atoms with Gasteiger partial charge in [0.15, 0.2) is 11.5 Å². The number of nitrogens with zero attached hydrogens (tertiary/aromatic N) is 2. The molecule has 0 amide bonds. The SMILES string of the molecule is COc1cc(/C=N/n2c(=S)[nH]c3ccccc3c2=O)cc(Cl)c1O. The van der Waals surface area contributed by atoms with Crippen molar-refractivity contribution < 1.29 is 9.84 Å². The van der Waals surface area contributed by atoms with E-state index in [0.717, 1.165) is 4.68 Å². The van der Waals surface area contributed by atoms with Gasteiger partial charge in [0.05, 0.1) is 29.2 Å². The molecule has 0 unspecified atom stereocenters. The third-order valence-corrected chi connectivity index (χ3v) is 3.94. The topological polar surface area (TPSA) is 79.6 Å². The highest BCUT2D eigenvalue weighted by Gasteiger charge is 2.08. The van der Waals surface area contributed by atoms with Gasteiger partial charge in [0.1, 0.15) is 0 Å². The maximum atomic E-state index is 12.5. The van der Waals surface area contributed by atoms with Gasteiger partial charge in [-0.2, -0.15) is 9.78 Å². The smallest absolute Gasteiger partial charge is 0.282 e. The van der Waals surface area contributed by atoms with Gasteiger partial charge in [-0.25, -0.2) is 0 Å². The number of nitrogens with one attached hydrogen (secondary N) is 1. The van der Waals surface area contributed by atoms with Gasteiger partial charge in [-0.15, -0.1) is 0 Å². The molecule has 0 atom stereocenters. The van der Waals surface area contributed by atoms with E-state index in [1.54, 1.807) is 24.3 Å². The first-order valence-electron chi connectivity index (χ1n) is 6.86. The van der Waals surface area contributed by atoms with Crippen molar-refractivity contribution in [2.45, 2.75) is 0 Å². The highest BCUT2D eigenvalue weighted by Crippen LogP contribution is 2.34. The summed E-state index contributed by atoms with van der Waals surface area (Å²) in [6.07, 6.45) is 1.41. The summed E-state index contributed by atoms with van der Waals surface area (Å²) in [6, 6.07) is 10.1. The van der Waals surface area contributed by atoms with Crippen LogP contribution in [0.25, 0.3) is 10.9 Å². The van der Waals surface area contributed by atoms with E-state index < -0.39 is 0 Å². The summed E-state index contributed by atoms with van der Waals surface area (Å²) in [5.41, 5.74) is 0.861. The minimum absolute atomic E-state index is 0.117. The Kier molecular flexibility index (Phi) is 4.37. The lowest BCUT2D eigenvalue weighted by Crippen LogP contribution is -2.18. The number of aromatic amines is 1. The minimum Gasteiger partial charge on any atom is -0.503 e. The highest BCUT2D eigenvalue weighted by molar-refractivity contribution is 7.71. The van der Waals surface area contributed by atoms with Crippen LogP contribution in [-0.2, 0) is 0 Å². The standard InChI is InChI=1S/C16H12ClN3O3S/c1-23-13-7-9(6-11(17)14(13)21)8-18-20-15(22)10-4-2-3-5-12(10)19-16(20)24/h2-8,21H,1H3,(H,19,24)/b18-8+. The van der Waals surface area contributed by atoms with Crippen molar-refractivity contribution in [2.75, 3.05) is 7.11 Å². The second kappa shape index (κ2) is 6.46. The molecule has 0 saturated heterocycles. The van der Waals surface area contributed by atoms with E-state index in [-0.39, 0.29) is 26.9 Å². The van der Waals surface area contributed by atoms with E-state index in [2.05, 4.69) is 10.1 Å². The lowest BCUT2D eigenvalue weighted by atomic mass is 10.2. The molecular formula is C16H12ClN3O3S. The fraction of sp³-hybridized carbons (Fsp3) is 0.0625. The fourth-order valence-corrected chi connectivity index (χ4v) is 2.67. The number of methoxy groups -OCH3 is 1. The van der Waals surface area contributed by atoms with Crippen LogP contribution in [0.4, 0.5) is 0 Å². The summed E-state index contributed by atoms with van der Waals surface area (Å²) in [6.45, 7) is 0. The van der Waals surface area contributed by atoms with Gasteiger partial charge in [-0.3, -0.25) is 4.79 Å². The van der Waals surface area contributed by atoms with Gasteiger partial charge in [0.2, 0.25) is 4.77 Å². The highest BCUT2D eigenvalue weighted by atomic mass is 35.5. The Balaban J connectivity index is 2.10. The predicted octanol–water partition coefficient (Wildman–Crippen LogP) is 3.31. The van der Waals surface area contributed by atoms with Crippen molar-refractivity contribution in [2.24, 2.45) is 5.10 Å². The largest absolute Gasteiger partial charge is 0.503 e. The number of fused-ring (bicyclic) bond motifs is 1. The number of rotatable bonds is 3. The summed E-state index contributed by atoms with van der Waals surface area (Å²) >= 11 is 11.1. The fourth-order valence-electron chi connectivity index (χ4n) is 2.21. The van der Waals surface area contributed by atoms with Gasteiger partial charge in [0, 0.05) is 0 Å². The summed E-state index contributed by atoms with van der Waals surface area (Å²) in [7, 11) is 1.41. The first kappa shape index (κ1) is 16.2. The van der Waals surface area contributed by atoms with Crippen LogP contribution in [0, 0.1) is 4.77 Å². The lowest BCUT2D eigenvalue weighted by Gasteiger charge is -2.06. The molecule has 0 aliphatic rings. The van der Waals surface area contributed by atoms with Crippen molar-refractivity contribution in [1.29, 1.82) is 0 Å². The predicted molar refractivity (Wildman–Crippen MR) is 96.1 cm³/mol. The van der Waals surface area contributed by atoms with Crippen LogP contribution < -0.4 is 10.3 Å². The van der Waals surface area contributed by atoms with E-state index in [9.17, 15) is 9.90 Å². The summed E-state index contributed by atoms with van der Waals surface area (Å²) in [5, 5.41) is 14.4. The van der Waals surface area contributed by atoms with Crippen LogP contribution in [0.1, 0.15) is 5.56 Å². The molecule has 3 aromatic rings. The van der Waals surface area contributed by atoms with Crippen molar-refractivity contribution in [3.63, 3.8) is 0 Å². The zero-order valence-electron chi connectivity index (χ0n) is 12.5. The average Bonchev–Trinajstić information content (AvgIpc) is 2.57. The van der Waals surface area contributed by atoms with Gasteiger partial charge in [-0.1, -0.05) is 23.7 Å². The molecule has 3 rings (SSSR count). The van der Waals surface area contributed by atoms with Crippen LogP contribution in [0.3, 0.4) is 0 Å². The number of aromatic nitrogens is 2. The lowest BCUT2D eigenvalue weighted by molar-refractivity contribution is 0.373. The van der Waals surface area contributed by atoms with Crippen molar-refractivity contribution >= 4 is 40.9 Å². The molecule has 0 saturated carbocycles. The number of H-pyrrole nitrogens is 1. The van der Waals surface area contributed by atoms with Crippen LogP contribution in [-0.4, -0.2) is 28.1 Å². The summed E-state index contributed by atoms with van der Waals surface area (Å²) < 4.78 is 6.29. The molecule has 8 heteroatoms. The number of aromatic hydroxyl groups is 1. The molecule has 2 N–H and O–H groups in total. The maximum absolute atomic E-state index is 12.5. The molecule has 0 aliphatic heterocycles. The Morgan fingerprint density at radius 2 is 2.12 bits per heavy atom. The number of phenolic OH excluding ortho intramolecular Hbond substituents is 1. The minimum atomic E-state index is -0.331. The Hall–Kier alpha value is -2.64. The number of hydrogen-bond donors (Lipinski definition) is 2. The molecule has 24 heavy (non-hydrogen) atoms. The van der Waals surface area contributed by atoms with Gasteiger partial charge < -0.3 is 14.8 Å². The molecule has 0 fully saturated rings. The van der Waals surface area contributed by atoms with Gasteiger partial charge in [-0.05, 0) is 42.0 Å². The Bertz CT molecular complexity index is 1070. The van der Waals surface area contributed by atoms with Crippen molar-refractivity contribution in [3.05, 3.63) is 62.1 Å². The van der Waals surface area contributed by atoms with Crippen molar-refractivity contribution in [3.8, 4) is 11.5 Å². The summed E-state index contributed by atoms with van der Waals surface area (Å²) in [5.74, 6) is 0.0523. The Morgan fingerprint density at radius 3 is 2.88 bits per heavy atom. The monoisotopic (exact) mass is 361 g/mol. The van der Waals surface area contributed by atoms with Crippen LogP contribution in [0.15, 0.2) is 46.3 Å². The van der Waals surface area contributed by atoms with Gasteiger partial charge in [0.25, 0.3) is 5.56 Å².